The van der Waals surface area contributed by atoms with Crippen LogP contribution >= 0.6 is 0 Å². The van der Waals surface area contributed by atoms with Gasteiger partial charge in [-0.15, -0.1) is 0 Å². The fraction of sp³-hybridized carbons (Fsp3) is 0. The average molecular weight is 177 g/mol. The Morgan fingerprint density at radius 1 is 1.25 bits per heavy atom. The maximum atomic E-state index is 8.57. The lowest BCUT2D eigenvalue weighted by Gasteiger charge is -1.69. The van der Waals surface area contributed by atoms with Crippen LogP contribution in [0.4, 0.5) is 0 Å². The molecule has 0 unspecified atom stereocenters. The fourth-order valence-electron chi connectivity index (χ4n) is 0.319. The first kappa shape index (κ1) is 7.43. The Balaban J connectivity index is 0.000000490. The van der Waals surface area contributed by atoms with Crippen molar-refractivity contribution >= 4 is 0 Å². The van der Waals surface area contributed by atoms with Gasteiger partial charge in [0.25, 0.3) is 0 Å². The van der Waals surface area contributed by atoms with Gasteiger partial charge < -0.3 is 21.4 Å². The maximum Gasteiger partial charge on any atom is 0.346 e. The first-order chi connectivity index (χ1) is 3.39. The van der Waals surface area contributed by atoms with Gasteiger partial charge in [-0.2, -0.15) is 0 Å². The zero-order valence-electron chi connectivity index (χ0n) is 4.04. The molecule has 44 valence electrons. The van der Waals surface area contributed by atoms with Crippen LogP contribution in [0.2, 0.25) is 0 Å². The molecule has 1 aromatic rings. The standard InChI is InChI=1S/C5H4O2.BrH/c6-5-1-3-7-4-2-5;/h1-4H;1H. The molecule has 0 aromatic carbocycles. The van der Waals surface area contributed by atoms with Gasteiger partial charge in [-0.05, 0) is 0 Å². The molecular formula is C5H5BrO2. The van der Waals surface area contributed by atoms with Gasteiger partial charge in [-0.1, -0.05) is 0 Å². The van der Waals surface area contributed by atoms with Crippen LogP contribution in [0, 0.1) is 0 Å². The van der Waals surface area contributed by atoms with E-state index in [1.807, 2.05) is 0 Å². The van der Waals surface area contributed by atoms with Gasteiger partial charge in [0.05, 0.1) is 24.7 Å². The van der Waals surface area contributed by atoms with E-state index in [-0.39, 0.29) is 22.4 Å². The molecule has 8 heavy (non-hydrogen) atoms. The van der Waals surface area contributed by atoms with Crippen LogP contribution < -0.4 is 22.4 Å². The summed E-state index contributed by atoms with van der Waals surface area (Å²) in [6, 6.07) is 2.94. The minimum absolute atomic E-state index is 0. The average Bonchev–Trinajstić information content (AvgIpc) is 1.69. The highest BCUT2D eigenvalue weighted by Crippen LogP contribution is 1.71. The van der Waals surface area contributed by atoms with E-state index in [4.69, 9.17) is 4.79 Å². The molecule has 0 atom stereocenters. The fourth-order valence-corrected chi connectivity index (χ4v) is 0.319. The maximum absolute atomic E-state index is 8.57. The summed E-state index contributed by atoms with van der Waals surface area (Å²) in [7, 11) is 0. The van der Waals surface area contributed by atoms with Crippen LogP contribution in [-0.2, 0) is 0 Å². The predicted octanol–water partition coefficient (Wildman–Crippen LogP) is -2.71. The van der Waals surface area contributed by atoms with E-state index in [0.29, 0.717) is 0 Å². The number of hydrogen-bond acceptors (Lipinski definition) is 1. The molecule has 1 aromatic heterocycles. The zero-order chi connectivity index (χ0) is 5.11. The van der Waals surface area contributed by atoms with Gasteiger partial charge in [-0.3, -0.25) is 4.79 Å². The molecule has 0 amide bonds. The van der Waals surface area contributed by atoms with Crippen molar-refractivity contribution in [3.8, 4) is 0 Å². The lowest BCUT2D eigenvalue weighted by molar-refractivity contribution is -0.00000279. The first-order valence-electron chi connectivity index (χ1n) is 1.94. The quantitative estimate of drug-likeness (QED) is 0.397. The van der Waals surface area contributed by atoms with Crippen molar-refractivity contribution in [3.05, 3.63) is 30.1 Å². The Kier molecular flexibility index (Phi) is 3.19. The molecule has 3 heteroatoms. The molecule has 1 heterocycles. The second kappa shape index (κ2) is 3.43. The SMILES string of the molecule is [Br-].[OH+]=c1ccocc1. The summed E-state index contributed by atoms with van der Waals surface area (Å²) in [5.74, 6) is 0. The zero-order valence-corrected chi connectivity index (χ0v) is 5.63. The van der Waals surface area contributed by atoms with Gasteiger partial charge in [0.15, 0.2) is 0 Å². The third-order valence-corrected chi connectivity index (χ3v) is 0.635. The summed E-state index contributed by atoms with van der Waals surface area (Å²) in [5, 5.41) is 0. The van der Waals surface area contributed by atoms with Crippen LogP contribution in [0.5, 0.6) is 0 Å². The molecule has 0 fully saturated rings. The summed E-state index contributed by atoms with van der Waals surface area (Å²) in [4.78, 5) is 8.57. The van der Waals surface area contributed by atoms with Crippen molar-refractivity contribution in [2.45, 2.75) is 0 Å². The molecule has 1 N–H and O–H groups in total. The Labute approximate surface area is 56.9 Å². The van der Waals surface area contributed by atoms with E-state index >= 15 is 0 Å². The van der Waals surface area contributed by atoms with E-state index < -0.39 is 0 Å². The third-order valence-electron chi connectivity index (χ3n) is 0.635. The van der Waals surface area contributed by atoms with Gasteiger partial charge >= 0.3 is 5.43 Å². The van der Waals surface area contributed by atoms with E-state index in [1.54, 1.807) is 0 Å². The number of halogens is 1. The van der Waals surface area contributed by atoms with Crippen LogP contribution in [0.1, 0.15) is 0 Å². The molecule has 0 saturated carbocycles. The molecule has 0 bridgehead atoms. The summed E-state index contributed by atoms with van der Waals surface area (Å²) in [6.45, 7) is 0. The van der Waals surface area contributed by atoms with Crippen molar-refractivity contribution in [2.75, 3.05) is 0 Å². The second-order valence-electron chi connectivity index (χ2n) is 1.17. The summed E-state index contributed by atoms with van der Waals surface area (Å²) in [6.07, 6.45) is 2.82. The van der Waals surface area contributed by atoms with E-state index in [2.05, 4.69) is 4.42 Å². The molecule has 1 rings (SSSR count). The number of hydrogen-bond donors (Lipinski definition) is 0. The minimum Gasteiger partial charge on any atom is -1.00 e. The van der Waals surface area contributed by atoms with Crippen LogP contribution in [0.15, 0.2) is 29.1 Å². The molecule has 0 aliphatic rings. The van der Waals surface area contributed by atoms with Crippen molar-refractivity contribution in [1.82, 2.24) is 0 Å². The van der Waals surface area contributed by atoms with Crippen molar-refractivity contribution < 1.29 is 26.2 Å². The van der Waals surface area contributed by atoms with Gasteiger partial charge in [0.1, 0.15) is 0 Å². The minimum atomic E-state index is 0. The molecule has 0 spiro atoms. The molecule has 0 aliphatic heterocycles. The smallest absolute Gasteiger partial charge is 0.346 e. The van der Waals surface area contributed by atoms with E-state index in [1.165, 1.54) is 24.7 Å². The Morgan fingerprint density at radius 3 is 2.00 bits per heavy atom. The summed E-state index contributed by atoms with van der Waals surface area (Å²) >= 11 is 0. The summed E-state index contributed by atoms with van der Waals surface area (Å²) in [5.41, 5.74) is 0.228. The first-order valence-corrected chi connectivity index (χ1v) is 1.94. The topological polar surface area (TPSA) is 34.5 Å². The highest BCUT2D eigenvalue weighted by atomic mass is 79.9. The van der Waals surface area contributed by atoms with E-state index in [0.717, 1.165) is 0 Å². The molecule has 0 saturated heterocycles. The Bertz CT molecular complexity index is 176. The van der Waals surface area contributed by atoms with Crippen molar-refractivity contribution in [3.63, 3.8) is 0 Å². The Morgan fingerprint density at radius 2 is 1.75 bits per heavy atom. The lowest BCUT2D eigenvalue weighted by Crippen LogP contribution is -3.00. The van der Waals surface area contributed by atoms with Gasteiger partial charge in [-0.25, -0.2) is 0 Å². The van der Waals surface area contributed by atoms with E-state index in [9.17, 15) is 0 Å². The van der Waals surface area contributed by atoms with Gasteiger partial charge in [0.2, 0.25) is 0 Å². The van der Waals surface area contributed by atoms with Crippen LogP contribution in [0.25, 0.3) is 0 Å². The second-order valence-corrected chi connectivity index (χ2v) is 1.17. The summed E-state index contributed by atoms with van der Waals surface area (Å²) < 4.78 is 4.60. The monoisotopic (exact) mass is 176 g/mol. The predicted molar refractivity (Wildman–Crippen MR) is 23.8 cm³/mol. The largest absolute Gasteiger partial charge is 1.00 e. The highest BCUT2D eigenvalue weighted by molar-refractivity contribution is 4.82. The molecule has 2 nitrogen and oxygen atoms in total. The van der Waals surface area contributed by atoms with Crippen molar-refractivity contribution in [2.24, 2.45) is 0 Å². The molecular weight excluding hydrogens is 172 g/mol. The highest BCUT2D eigenvalue weighted by Gasteiger charge is 1.79. The normalized spacial score (nSPS) is 7.50. The van der Waals surface area contributed by atoms with Crippen LogP contribution in [0.3, 0.4) is 0 Å². The third kappa shape index (κ3) is 1.93. The lowest BCUT2D eigenvalue weighted by atomic mass is 10.5. The van der Waals surface area contributed by atoms with Crippen molar-refractivity contribution in [1.29, 1.82) is 0 Å². The molecule has 0 radical (unpaired) electrons. The van der Waals surface area contributed by atoms with Crippen LogP contribution in [-0.4, -0.2) is 4.79 Å². The van der Waals surface area contributed by atoms with Gasteiger partial charge in [0, 0.05) is 0 Å². The molecule has 0 aliphatic carbocycles. The number of rotatable bonds is 0. The Hall–Kier alpha value is -0.570.